The van der Waals surface area contributed by atoms with E-state index in [1.165, 1.54) is 0 Å². The number of rotatable bonds is 4. The molecule has 1 atom stereocenters. The number of hydrogen-bond acceptors (Lipinski definition) is 3. The molecule has 0 saturated carbocycles. The Morgan fingerprint density at radius 2 is 1.52 bits per heavy atom. The molecular weight excluding hydrogens is 368 g/mol. The number of nitrogens with two attached hydrogens (primary N) is 1. The van der Waals surface area contributed by atoms with Gasteiger partial charge >= 0.3 is 11.7 Å². The first-order valence-electron chi connectivity index (χ1n) is 9.89. The maximum absolute atomic E-state index is 13.4. The second-order valence-electron chi connectivity index (χ2n) is 10.6. The third kappa shape index (κ3) is 4.71. The molecule has 0 aliphatic rings. The Morgan fingerprint density at radius 1 is 1.00 bits per heavy atom. The van der Waals surface area contributed by atoms with E-state index in [0.717, 1.165) is 11.0 Å². The van der Waals surface area contributed by atoms with E-state index in [-0.39, 0.29) is 5.41 Å². The van der Waals surface area contributed by atoms with Crippen LogP contribution in [-0.2, 0) is 10.3 Å². The monoisotopic (exact) mass is 402 g/mol. The molecule has 7 heteroatoms. The SMILES string of the molecule is CC(C)(C)CC(C)(C)n1c(=O)n(C(=O)N[C@H](C(N)=O)C(C)(C)C)c2ccccc21. The van der Waals surface area contributed by atoms with Crippen molar-refractivity contribution in [2.75, 3.05) is 0 Å². The zero-order valence-electron chi connectivity index (χ0n) is 18.8. The predicted octanol–water partition coefficient (Wildman–Crippen LogP) is 3.43. The Kier molecular flexibility index (Phi) is 5.76. The first-order valence-corrected chi connectivity index (χ1v) is 9.89. The van der Waals surface area contributed by atoms with E-state index in [4.69, 9.17) is 5.73 Å². The number of primary amides is 1. The highest BCUT2D eigenvalue weighted by molar-refractivity contribution is 5.92. The molecule has 1 heterocycles. The largest absolute Gasteiger partial charge is 0.368 e. The summed E-state index contributed by atoms with van der Waals surface area (Å²) in [5.74, 6) is -0.643. The lowest BCUT2D eigenvalue weighted by Gasteiger charge is -2.33. The molecule has 0 fully saturated rings. The number of benzene rings is 1. The zero-order chi connectivity index (χ0) is 22.4. The average Bonchev–Trinajstić information content (AvgIpc) is 2.81. The Hall–Kier alpha value is -2.57. The molecule has 2 amide bonds. The van der Waals surface area contributed by atoms with E-state index in [1.807, 2.05) is 26.0 Å². The Labute approximate surface area is 172 Å². The molecule has 2 aromatic rings. The van der Waals surface area contributed by atoms with Crippen molar-refractivity contribution < 1.29 is 9.59 Å². The summed E-state index contributed by atoms with van der Waals surface area (Å²) >= 11 is 0. The summed E-state index contributed by atoms with van der Waals surface area (Å²) < 4.78 is 2.77. The van der Waals surface area contributed by atoms with Crippen molar-refractivity contribution in [2.45, 2.75) is 73.4 Å². The summed E-state index contributed by atoms with van der Waals surface area (Å²) in [4.78, 5) is 38.4. The van der Waals surface area contributed by atoms with Gasteiger partial charge in [0.05, 0.1) is 11.0 Å². The van der Waals surface area contributed by atoms with Crippen LogP contribution in [0.3, 0.4) is 0 Å². The summed E-state index contributed by atoms with van der Waals surface area (Å²) in [6.45, 7) is 15.8. The fourth-order valence-corrected chi connectivity index (χ4v) is 4.21. The molecule has 1 aromatic heterocycles. The van der Waals surface area contributed by atoms with Crippen molar-refractivity contribution in [3.05, 3.63) is 34.7 Å². The number of hydrogen-bond donors (Lipinski definition) is 2. The highest BCUT2D eigenvalue weighted by atomic mass is 16.2. The third-order valence-electron chi connectivity index (χ3n) is 4.94. The molecule has 7 nitrogen and oxygen atoms in total. The van der Waals surface area contributed by atoms with Gasteiger partial charge in [-0.05, 0) is 43.2 Å². The van der Waals surface area contributed by atoms with Crippen LogP contribution in [0.1, 0.15) is 61.8 Å². The summed E-state index contributed by atoms with van der Waals surface area (Å²) in [6, 6.07) is 5.62. The molecule has 160 valence electrons. The van der Waals surface area contributed by atoms with E-state index in [9.17, 15) is 14.4 Å². The fraction of sp³-hybridized carbons (Fsp3) is 0.591. The number of fused-ring (bicyclic) bond motifs is 1. The van der Waals surface area contributed by atoms with Gasteiger partial charge in [-0.25, -0.2) is 14.2 Å². The van der Waals surface area contributed by atoms with Crippen molar-refractivity contribution in [1.29, 1.82) is 0 Å². The van der Waals surface area contributed by atoms with Crippen LogP contribution in [0.5, 0.6) is 0 Å². The number of aromatic nitrogens is 2. The normalized spacial score (nSPS) is 14.1. The van der Waals surface area contributed by atoms with Crippen molar-refractivity contribution >= 4 is 23.0 Å². The lowest BCUT2D eigenvalue weighted by atomic mass is 9.81. The molecule has 29 heavy (non-hydrogen) atoms. The van der Waals surface area contributed by atoms with Gasteiger partial charge in [-0.15, -0.1) is 0 Å². The lowest BCUT2D eigenvalue weighted by Crippen LogP contribution is -2.54. The molecule has 0 aliphatic heterocycles. The first-order chi connectivity index (χ1) is 13.1. The van der Waals surface area contributed by atoms with Gasteiger partial charge in [-0.1, -0.05) is 53.7 Å². The highest BCUT2D eigenvalue weighted by Crippen LogP contribution is 2.33. The number of amides is 2. The number of nitrogens with zero attached hydrogens (tertiary/aromatic N) is 2. The molecule has 0 radical (unpaired) electrons. The van der Waals surface area contributed by atoms with Gasteiger partial charge in [0.15, 0.2) is 0 Å². The van der Waals surface area contributed by atoms with Crippen LogP contribution in [0.15, 0.2) is 29.1 Å². The molecular formula is C22H34N4O3. The van der Waals surface area contributed by atoms with Crippen molar-refractivity contribution in [2.24, 2.45) is 16.6 Å². The number of carbonyl (C=O) groups excluding carboxylic acids is 2. The molecule has 0 spiro atoms. The second kappa shape index (κ2) is 7.35. The minimum Gasteiger partial charge on any atom is -0.368 e. The molecule has 0 bridgehead atoms. The first kappa shape index (κ1) is 22.7. The average molecular weight is 403 g/mol. The Morgan fingerprint density at radius 3 is 1.97 bits per heavy atom. The van der Waals surface area contributed by atoms with Crippen LogP contribution < -0.4 is 16.7 Å². The molecule has 0 aliphatic carbocycles. The molecule has 3 N–H and O–H groups in total. The second-order valence-corrected chi connectivity index (χ2v) is 10.6. The van der Waals surface area contributed by atoms with Gasteiger partial charge in [0, 0.05) is 5.54 Å². The number of para-hydroxylation sites is 2. The molecule has 2 rings (SSSR count). The van der Waals surface area contributed by atoms with Crippen molar-refractivity contribution in [3.63, 3.8) is 0 Å². The Balaban J connectivity index is 2.65. The highest BCUT2D eigenvalue weighted by Gasteiger charge is 2.35. The lowest BCUT2D eigenvalue weighted by molar-refractivity contribution is -0.122. The van der Waals surface area contributed by atoms with Crippen molar-refractivity contribution in [1.82, 2.24) is 14.5 Å². The van der Waals surface area contributed by atoms with E-state index < -0.39 is 34.6 Å². The molecule has 0 saturated heterocycles. The summed E-state index contributed by atoms with van der Waals surface area (Å²) in [6.07, 6.45) is 0.738. The minimum atomic E-state index is -0.911. The number of nitrogens with one attached hydrogen (secondary N) is 1. The van der Waals surface area contributed by atoms with Crippen LogP contribution in [0.25, 0.3) is 11.0 Å². The summed E-state index contributed by atoms with van der Waals surface area (Å²) in [5, 5.41) is 2.65. The van der Waals surface area contributed by atoms with Crippen LogP contribution in [-0.4, -0.2) is 27.1 Å². The van der Waals surface area contributed by atoms with Gasteiger partial charge < -0.3 is 11.1 Å². The maximum atomic E-state index is 13.4. The van der Waals surface area contributed by atoms with Gasteiger partial charge in [0.2, 0.25) is 5.91 Å². The summed E-state index contributed by atoms with van der Waals surface area (Å²) in [7, 11) is 0. The van der Waals surface area contributed by atoms with Gasteiger partial charge in [-0.3, -0.25) is 9.36 Å². The van der Waals surface area contributed by atoms with E-state index in [0.29, 0.717) is 11.0 Å². The molecule has 1 aromatic carbocycles. The fourth-order valence-electron chi connectivity index (χ4n) is 4.21. The smallest absolute Gasteiger partial charge is 0.337 e. The zero-order valence-corrected chi connectivity index (χ0v) is 18.8. The van der Waals surface area contributed by atoms with Crippen LogP contribution in [0.4, 0.5) is 4.79 Å². The molecule has 0 unspecified atom stereocenters. The van der Waals surface area contributed by atoms with Crippen molar-refractivity contribution in [3.8, 4) is 0 Å². The summed E-state index contributed by atoms with van der Waals surface area (Å²) in [5.41, 5.74) is 5.11. The topological polar surface area (TPSA) is 99.1 Å². The standard InChI is InChI=1S/C22H34N4O3/c1-20(2,3)13-22(7,8)26-15-12-10-9-11-14(15)25(19(26)29)18(28)24-16(17(23)27)21(4,5)6/h9-12,16H,13H2,1-8H3,(H2,23,27)(H,24,28)/t16-/m1/s1. The van der Waals surface area contributed by atoms with Gasteiger partial charge in [0.1, 0.15) is 6.04 Å². The Bertz CT molecular complexity index is 984. The van der Waals surface area contributed by atoms with Crippen LogP contribution in [0, 0.1) is 10.8 Å². The van der Waals surface area contributed by atoms with Crippen LogP contribution >= 0.6 is 0 Å². The minimum absolute atomic E-state index is 0.0162. The third-order valence-corrected chi connectivity index (χ3v) is 4.94. The van der Waals surface area contributed by atoms with Crippen LogP contribution in [0.2, 0.25) is 0 Å². The van der Waals surface area contributed by atoms with E-state index in [1.54, 1.807) is 37.5 Å². The van der Waals surface area contributed by atoms with E-state index >= 15 is 0 Å². The maximum Gasteiger partial charge on any atom is 0.337 e. The number of carbonyl (C=O) groups is 2. The quantitative estimate of drug-likeness (QED) is 0.819. The van der Waals surface area contributed by atoms with E-state index in [2.05, 4.69) is 26.1 Å². The predicted molar refractivity (Wildman–Crippen MR) is 116 cm³/mol. The number of imidazole rings is 1. The van der Waals surface area contributed by atoms with Gasteiger partial charge in [-0.2, -0.15) is 0 Å². The van der Waals surface area contributed by atoms with Gasteiger partial charge in [0.25, 0.3) is 0 Å².